The first-order valence-electron chi connectivity index (χ1n) is 12.3. The molecule has 192 valence electrons. The summed E-state index contributed by atoms with van der Waals surface area (Å²) >= 11 is 1.23. The van der Waals surface area contributed by atoms with Crippen LogP contribution in [0.1, 0.15) is 36.6 Å². The lowest BCUT2D eigenvalue weighted by molar-refractivity contribution is -0.138. The van der Waals surface area contributed by atoms with Gasteiger partial charge in [0.2, 0.25) is 0 Å². The lowest BCUT2D eigenvalue weighted by Gasteiger charge is -2.25. The summed E-state index contributed by atoms with van der Waals surface area (Å²) in [5, 5.41) is 0. The number of esters is 1. The molecule has 3 aromatic carbocycles. The Kier molecular flexibility index (Phi) is 7.33. The number of carbonyl (C=O) groups excluding carboxylic acids is 1. The van der Waals surface area contributed by atoms with Crippen LogP contribution in [0.25, 0.3) is 11.8 Å². The fourth-order valence-electron chi connectivity index (χ4n) is 4.41. The van der Waals surface area contributed by atoms with Crippen LogP contribution in [0.4, 0.5) is 4.39 Å². The van der Waals surface area contributed by atoms with Crippen molar-refractivity contribution in [2.75, 3.05) is 13.2 Å². The van der Waals surface area contributed by atoms with E-state index in [9.17, 15) is 14.0 Å². The summed E-state index contributed by atoms with van der Waals surface area (Å²) in [5.41, 5.74) is 2.42. The monoisotopic (exact) mass is 528 g/mol. The van der Waals surface area contributed by atoms with Crippen LogP contribution in [0.5, 0.6) is 5.75 Å². The largest absolute Gasteiger partial charge is 0.494 e. The zero-order valence-corrected chi connectivity index (χ0v) is 21.7. The average Bonchev–Trinajstić information content (AvgIpc) is 3.23. The summed E-state index contributed by atoms with van der Waals surface area (Å²) in [6, 6.07) is 21.7. The molecule has 0 radical (unpaired) electrons. The molecule has 38 heavy (non-hydrogen) atoms. The second kappa shape index (κ2) is 11.0. The van der Waals surface area contributed by atoms with E-state index < -0.39 is 17.8 Å². The Balaban J connectivity index is 1.79. The number of benzene rings is 3. The molecule has 0 aliphatic carbocycles. The molecule has 2 heterocycles. The predicted molar refractivity (Wildman–Crippen MR) is 145 cm³/mol. The molecular formula is C30H25FN2O4S. The zero-order chi connectivity index (χ0) is 26.6. The first-order chi connectivity index (χ1) is 18.5. The lowest BCUT2D eigenvalue weighted by Crippen LogP contribution is -2.40. The van der Waals surface area contributed by atoms with E-state index in [1.54, 1.807) is 25.1 Å². The first kappa shape index (κ1) is 25.4. The van der Waals surface area contributed by atoms with Crippen LogP contribution in [0.3, 0.4) is 0 Å². The van der Waals surface area contributed by atoms with Crippen molar-refractivity contribution >= 4 is 29.1 Å². The van der Waals surface area contributed by atoms with E-state index >= 15 is 0 Å². The van der Waals surface area contributed by atoms with Crippen molar-refractivity contribution in [1.82, 2.24) is 4.57 Å². The molecule has 4 aromatic rings. The number of fused-ring (bicyclic) bond motifs is 1. The molecule has 6 nitrogen and oxygen atoms in total. The van der Waals surface area contributed by atoms with Crippen molar-refractivity contribution in [2.24, 2.45) is 4.99 Å². The summed E-state index contributed by atoms with van der Waals surface area (Å²) in [7, 11) is 0. The van der Waals surface area contributed by atoms with Crippen LogP contribution in [0.2, 0.25) is 0 Å². The highest BCUT2D eigenvalue weighted by Gasteiger charge is 2.35. The van der Waals surface area contributed by atoms with Gasteiger partial charge in [-0.3, -0.25) is 9.36 Å². The molecule has 0 N–H and O–H groups in total. The summed E-state index contributed by atoms with van der Waals surface area (Å²) in [5.74, 6) is -0.294. The predicted octanol–water partition coefficient (Wildman–Crippen LogP) is 4.47. The Hall–Kier alpha value is -4.30. The van der Waals surface area contributed by atoms with Crippen molar-refractivity contribution in [2.45, 2.75) is 19.9 Å². The van der Waals surface area contributed by atoms with E-state index in [-0.39, 0.29) is 17.7 Å². The molecular weight excluding hydrogens is 503 g/mol. The summed E-state index contributed by atoms with van der Waals surface area (Å²) in [6.07, 6.45) is 1.78. The van der Waals surface area contributed by atoms with Crippen LogP contribution in [0.15, 0.2) is 94.2 Å². The number of thiazole rings is 1. The second-order valence-electron chi connectivity index (χ2n) is 8.49. The quantitative estimate of drug-likeness (QED) is 0.332. The van der Waals surface area contributed by atoms with E-state index in [0.29, 0.717) is 38.5 Å². The topological polar surface area (TPSA) is 69.9 Å². The van der Waals surface area contributed by atoms with E-state index in [1.165, 1.54) is 28.0 Å². The molecule has 1 aliphatic heterocycles. The fourth-order valence-corrected chi connectivity index (χ4v) is 5.41. The summed E-state index contributed by atoms with van der Waals surface area (Å²) in [4.78, 5) is 32.5. The minimum Gasteiger partial charge on any atom is -0.494 e. The van der Waals surface area contributed by atoms with E-state index in [2.05, 4.69) is 0 Å². The maximum Gasteiger partial charge on any atom is 0.338 e. The Morgan fingerprint density at radius 2 is 1.79 bits per heavy atom. The molecule has 1 atom stereocenters. The molecule has 0 bridgehead atoms. The van der Waals surface area contributed by atoms with Gasteiger partial charge in [-0.15, -0.1) is 0 Å². The second-order valence-corrected chi connectivity index (χ2v) is 9.50. The lowest BCUT2D eigenvalue weighted by atomic mass is 9.93. The smallest absolute Gasteiger partial charge is 0.338 e. The van der Waals surface area contributed by atoms with Crippen molar-refractivity contribution < 1.29 is 18.7 Å². The number of carbonyl (C=O) groups is 1. The number of aromatic nitrogens is 1. The highest BCUT2D eigenvalue weighted by molar-refractivity contribution is 7.07. The van der Waals surface area contributed by atoms with Gasteiger partial charge >= 0.3 is 5.97 Å². The van der Waals surface area contributed by atoms with Crippen LogP contribution in [-0.4, -0.2) is 23.8 Å². The molecule has 1 aromatic heterocycles. The molecule has 1 aliphatic rings. The van der Waals surface area contributed by atoms with Crippen molar-refractivity contribution in [3.63, 3.8) is 0 Å². The zero-order valence-electron chi connectivity index (χ0n) is 20.9. The third-order valence-corrected chi connectivity index (χ3v) is 7.01. The SMILES string of the molecule is CCOC(=O)C1=C(c2ccccc2)N=c2sc(=Cc3cccc(OCC)c3)c(=O)n2C1c1ccc(F)cc1. The molecule has 8 heteroatoms. The summed E-state index contributed by atoms with van der Waals surface area (Å²) < 4.78 is 26.9. The number of hydrogen-bond donors (Lipinski definition) is 0. The van der Waals surface area contributed by atoms with Gasteiger partial charge in [-0.25, -0.2) is 14.2 Å². The number of nitrogens with zero attached hydrogens (tertiary/aromatic N) is 2. The van der Waals surface area contributed by atoms with Gasteiger partial charge in [0.15, 0.2) is 4.80 Å². The third kappa shape index (κ3) is 4.95. The minimum atomic E-state index is -0.849. The maximum atomic E-state index is 13.9. The van der Waals surface area contributed by atoms with Crippen molar-refractivity contribution in [3.8, 4) is 5.75 Å². The van der Waals surface area contributed by atoms with Gasteiger partial charge in [0.05, 0.1) is 35.1 Å². The highest BCUT2D eigenvalue weighted by Crippen LogP contribution is 2.35. The Bertz CT molecular complexity index is 1690. The van der Waals surface area contributed by atoms with Gasteiger partial charge in [-0.05, 0) is 55.3 Å². The van der Waals surface area contributed by atoms with Gasteiger partial charge in [-0.2, -0.15) is 0 Å². The number of rotatable bonds is 7. The Labute approximate surface area is 222 Å². The fraction of sp³-hybridized carbons (Fsp3) is 0.167. The van der Waals surface area contributed by atoms with Crippen LogP contribution in [0, 0.1) is 5.82 Å². The van der Waals surface area contributed by atoms with E-state index in [0.717, 1.165) is 5.56 Å². The number of halogens is 1. The standard InChI is InChI=1S/C30H25FN2O4S/c1-3-36-23-12-8-9-19(17-23)18-24-28(34)33-27(21-13-15-22(31)16-14-21)25(29(35)37-4-2)26(32-30(33)38-24)20-10-6-5-7-11-20/h5-18,27H,3-4H2,1-2H3. The van der Waals surface area contributed by atoms with Crippen LogP contribution < -0.4 is 19.6 Å². The minimum absolute atomic E-state index is 0.154. The number of hydrogen-bond acceptors (Lipinski definition) is 6. The molecule has 0 saturated carbocycles. The maximum absolute atomic E-state index is 13.9. The normalized spacial score (nSPS) is 15.1. The molecule has 0 amide bonds. The van der Waals surface area contributed by atoms with Gasteiger partial charge in [0.1, 0.15) is 11.6 Å². The molecule has 1 unspecified atom stereocenters. The van der Waals surface area contributed by atoms with Crippen molar-refractivity contribution in [3.05, 3.63) is 127 Å². The van der Waals surface area contributed by atoms with Crippen molar-refractivity contribution in [1.29, 1.82) is 0 Å². The molecule has 0 saturated heterocycles. The first-order valence-corrected chi connectivity index (χ1v) is 13.1. The molecule has 5 rings (SSSR count). The van der Waals surface area contributed by atoms with Gasteiger partial charge in [0, 0.05) is 5.56 Å². The number of ether oxygens (including phenoxy) is 2. The van der Waals surface area contributed by atoms with E-state index in [1.807, 2.05) is 61.5 Å². The molecule has 0 spiro atoms. The van der Waals surface area contributed by atoms with Crippen LogP contribution in [-0.2, 0) is 9.53 Å². The van der Waals surface area contributed by atoms with Gasteiger partial charge in [0.25, 0.3) is 5.56 Å². The molecule has 0 fully saturated rings. The highest BCUT2D eigenvalue weighted by atomic mass is 32.1. The Morgan fingerprint density at radius 3 is 2.50 bits per heavy atom. The van der Waals surface area contributed by atoms with Gasteiger partial charge < -0.3 is 9.47 Å². The van der Waals surface area contributed by atoms with Gasteiger partial charge in [-0.1, -0.05) is 65.9 Å². The third-order valence-electron chi connectivity index (χ3n) is 6.03. The average molecular weight is 529 g/mol. The Morgan fingerprint density at radius 1 is 1.03 bits per heavy atom. The van der Waals surface area contributed by atoms with E-state index in [4.69, 9.17) is 14.5 Å². The van der Waals surface area contributed by atoms with Crippen LogP contribution >= 0.6 is 11.3 Å². The summed E-state index contributed by atoms with van der Waals surface area (Å²) in [6.45, 7) is 4.31.